The maximum atomic E-state index is 13.9. The van der Waals surface area contributed by atoms with Crippen LogP contribution in [0.25, 0.3) is 22.2 Å². The lowest BCUT2D eigenvalue weighted by Gasteiger charge is -2.15. The van der Waals surface area contributed by atoms with Crippen molar-refractivity contribution in [3.63, 3.8) is 0 Å². The van der Waals surface area contributed by atoms with Gasteiger partial charge in [0.05, 0.1) is 14.2 Å². The van der Waals surface area contributed by atoms with Gasteiger partial charge in [0.2, 0.25) is 5.95 Å². The van der Waals surface area contributed by atoms with Crippen molar-refractivity contribution >= 4 is 28.7 Å². The molecule has 2 N–H and O–H groups in total. The van der Waals surface area contributed by atoms with Gasteiger partial charge in [-0.3, -0.25) is 14.2 Å². The lowest BCUT2D eigenvalue weighted by molar-refractivity contribution is -0.112. The highest BCUT2D eigenvalue weighted by molar-refractivity contribution is 6.06. The second kappa shape index (κ2) is 12.5. The molecule has 216 valence electrons. The van der Waals surface area contributed by atoms with E-state index in [0.717, 1.165) is 0 Å². The molecule has 0 unspecified atom stereocenters. The number of amides is 1. The number of nitrogens with zero attached hydrogens (tertiary/aromatic N) is 5. The van der Waals surface area contributed by atoms with E-state index in [0.29, 0.717) is 57.5 Å². The number of methoxy groups -OCH3 is 2. The number of allylic oxidation sites excluding steroid dienone is 1. The summed E-state index contributed by atoms with van der Waals surface area (Å²) in [7, 11) is 4.81. The fourth-order valence-electron chi connectivity index (χ4n) is 4.34. The van der Waals surface area contributed by atoms with E-state index < -0.39 is 5.91 Å². The Morgan fingerprint density at radius 3 is 2.43 bits per heavy atom. The predicted molar refractivity (Wildman–Crippen MR) is 162 cm³/mol. The van der Waals surface area contributed by atoms with Crippen LogP contribution < -0.4 is 25.7 Å². The fourth-order valence-corrected chi connectivity index (χ4v) is 4.34. The molecule has 4 rings (SSSR count). The van der Waals surface area contributed by atoms with Gasteiger partial charge in [-0.05, 0) is 41.3 Å². The molecule has 1 amide bonds. The monoisotopic (exact) mass is 567 g/mol. The van der Waals surface area contributed by atoms with Crippen molar-refractivity contribution in [2.45, 2.75) is 33.7 Å². The Balaban J connectivity index is 1.70. The van der Waals surface area contributed by atoms with Crippen LogP contribution in [0.4, 0.5) is 11.8 Å². The summed E-state index contributed by atoms with van der Waals surface area (Å²) in [5.74, 6) is 1.26. The summed E-state index contributed by atoms with van der Waals surface area (Å²) in [6, 6.07) is 14.2. The maximum absolute atomic E-state index is 13.9. The van der Waals surface area contributed by atoms with Crippen molar-refractivity contribution < 1.29 is 14.3 Å². The van der Waals surface area contributed by atoms with Crippen LogP contribution in [0.2, 0.25) is 0 Å². The lowest BCUT2D eigenvalue weighted by atomic mass is 9.93. The highest BCUT2D eigenvalue weighted by atomic mass is 16.5. The molecule has 0 bridgehead atoms. The summed E-state index contributed by atoms with van der Waals surface area (Å²) >= 11 is 0. The Morgan fingerprint density at radius 1 is 1.10 bits per heavy atom. The molecular formula is C31H33N7O4. The first-order valence-corrected chi connectivity index (χ1v) is 13.3. The number of rotatable bonds is 9. The largest absolute Gasteiger partial charge is 0.497 e. The molecular weight excluding hydrogens is 534 g/mol. The molecule has 42 heavy (non-hydrogen) atoms. The number of carbonyl (C=O) groups is 1. The highest BCUT2D eigenvalue weighted by Crippen LogP contribution is 2.29. The standard InChI is InChI=1S/C31H33N7O4/c1-31(2,3)16-21(17-32)28(39)36-26-9-7-8-22(35-26)10-11-38-27-20(18-34-30(33-4)37-27)14-25(29(38)40)19-12-23(41-5)15-24(13-19)42-6/h7-9,12-16,18H,10-11H2,1-6H3,(H,33,34,37)(H,35,36,39)/b21-16+. The normalized spacial score (nSPS) is 11.6. The summed E-state index contributed by atoms with van der Waals surface area (Å²) in [6.45, 7) is 5.98. The molecule has 11 heteroatoms. The number of nitriles is 1. The zero-order valence-corrected chi connectivity index (χ0v) is 24.5. The van der Waals surface area contributed by atoms with Crippen molar-refractivity contribution in [1.29, 1.82) is 5.26 Å². The molecule has 3 aromatic heterocycles. The number of anilines is 2. The van der Waals surface area contributed by atoms with Gasteiger partial charge in [-0.1, -0.05) is 32.9 Å². The molecule has 0 saturated carbocycles. The smallest absolute Gasteiger partial charge is 0.267 e. The molecule has 4 aromatic rings. The summed E-state index contributed by atoms with van der Waals surface area (Å²) in [5.41, 5.74) is 1.59. The van der Waals surface area contributed by atoms with Gasteiger partial charge in [-0.15, -0.1) is 0 Å². The number of fused-ring (bicyclic) bond motifs is 1. The first-order chi connectivity index (χ1) is 20.0. The van der Waals surface area contributed by atoms with Crippen molar-refractivity contribution in [2.75, 3.05) is 31.9 Å². The Labute approximate surface area is 243 Å². The molecule has 0 fully saturated rings. The Kier molecular flexibility index (Phi) is 8.86. The molecule has 11 nitrogen and oxygen atoms in total. The minimum absolute atomic E-state index is 0.0127. The third-order valence-corrected chi connectivity index (χ3v) is 6.30. The minimum atomic E-state index is -0.531. The topological polar surface area (TPSA) is 144 Å². The van der Waals surface area contributed by atoms with E-state index in [9.17, 15) is 14.9 Å². The summed E-state index contributed by atoms with van der Waals surface area (Å²) in [5, 5.41) is 15.7. The van der Waals surface area contributed by atoms with Gasteiger partial charge >= 0.3 is 0 Å². The molecule has 0 radical (unpaired) electrons. The molecule has 0 aliphatic heterocycles. The fraction of sp³-hybridized carbons (Fsp3) is 0.290. The minimum Gasteiger partial charge on any atom is -0.497 e. The van der Waals surface area contributed by atoms with E-state index in [2.05, 4.69) is 25.6 Å². The number of aromatic nitrogens is 4. The summed E-state index contributed by atoms with van der Waals surface area (Å²) in [6.07, 6.45) is 3.65. The van der Waals surface area contributed by atoms with E-state index >= 15 is 0 Å². The number of hydrogen-bond donors (Lipinski definition) is 2. The number of pyridine rings is 2. The highest BCUT2D eigenvalue weighted by Gasteiger charge is 2.17. The number of aryl methyl sites for hydroxylation is 2. The Morgan fingerprint density at radius 2 is 1.81 bits per heavy atom. The van der Waals surface area contributed by atoms with E-state index in [4.69, 9.17) is 9.47 Å². The summed E-state index contributed by atoms with van der Waals surface area (Å²) < 4.78 is 12.4. The van der Waals surface area contributed by atoms with Crippen molar-refractivity contribution in [2.24, 2.45) is 5.41 Å². The Hall–Kier alpha value is -5.24. The maximum Gasteiger partial charge on any atom is 0.267 e. The van der Waals surface area contributed by atoms with Gasteiger partial charge in [0.15, 0.2) is 0 Å². The average Bonchev–Trinajstić information content (AvgIpc) is 2.98. The first kappa shape index (κ1) is 29.7. The average molecular weight is 568 g/mol. The van der Waals surface area contributed by atoms with E-state index in [1.807, 2.05) is 32.9 Å². The van der Waals surface area contributed by atoms with Crippen LogP contribution >= 0.6 is 0 Å². The first-order valence-electron chi connectivity index (χ1n) is 13.3. The zero-order chi connectivity index (χ0) is 30.4. The van der Waals surface area contributed by atoms with Gasteiger partial charge in [0.25, 0.3) is 11.5 Å². The van der Waals surface area contributed by atoms with Gasteiger partial charge < -0.3 is 20.1 Å². The number of ether oxygens (including phenoxy) is 2. The van der Waals surface area contributed by atoms with Gasteiger partial charge in [0.1, 0.15) is 34.6 Å². The molecule has 0 saturated heterocycles. The van der Waals surface area contributed by atoms with Crippen LogP contribution in [0.1, 0.15) is 26.5 Å². The second-order valence-electron chi connectivity index (χ2n) is 10.6. The van der Waals surface area contributed by atoms with Crippen LogP contribution in [0.5, 0.6) is 11.5 Å². The lowest BCUT2D eigenvalue weighted by Crippen LogP contribution is -2.24. The van der Waals surface area contributed by atoms with E-state index in [1.54, 1.807) is 74.5 Å². The van der Waals surface area contributed by atoms with Gasteiger partial charge in [-0.25, -0.2) is 9.97 Å². The van der Waals surface area contributed by atoms with Crippen LogP contribution in [-0.2, 0) is 17.8 Å². The molecule has 1 aromatic carbocycles. The molecule has 0 aliphatic carbocycles. The third kappa shape index (κ3) is 6.90. The number of carbonyl (C=O) groups excluding carboxylic acids is 1. The Bertz CT molecular complexity index is 1740. The van der Waals surface area contributed by atoms with Crippen molar-refractivity contribution in [3.8, 4) is 28.7 Å². The van der Waals surface area contributed by atoms with Crippen LogP contribution in [0, 0.1) is 16.7 Å². The molecule has 3 heterocycles. The number of hydrogen-bond acceptors (Lipinski definition) is 9. The van der Waals surface area contributed by atoms with E-state index in [1.165, 1.54) is 0 Å². The SMILES string of the molecule is CNc1ncc2cc(-c3cc(OC)cc(OC)c3)c(=O)n(CCc3cccc(NC(=O)/C(C#N)=C/C(C)(C)C)n3)c2n1. The third-order valence-electron chi connectivity index (χ3n) is 6.30. The summed E-state index contributed by atoms with van der Waals surface area (Å²) in [4.78, 5) is 40.1. The predicted octanol–water partition coefficient (Wildman–Crippen LogP) is 4.59. The van der Waals surface area contributed by atoms with Gasteiger partial charge in [-0.2, -0.15) is 10.2 Å². The molecule has 0 atom stereocenters. The van der Waals surface area contributed by atoms with Crippen LogP contribution in [-0.4, -0.2) is 46.7 Å². The van der Waals surface area contributed by atoms with E-state index in [-0.39, 0.29) is 23.1 Å². The van der Waals surface area contributed by atoms with Crippen LogP contribution in [0.15, 0.2) is 65.1 Å². The quantitative estimate of drug-likeness (QED) is 0.219. The van der Waals surface area contributed by atoms with Crippen LogP contribution in [0.3, 0.4) is 0 Å². The number of nitrogens with one attached hydrogen (secondary N) is 2. The number of benzene rings is 1. The van der Waals surface area contributed by atoms with Crippen molar-refractivity contribution in [3.05, 3.63) is 76.4 Å². The van der Waals surface area contributed by atoms with Crippen molar-refractivity contribution in [1.82, 2.24) is 19.5 Å². The zero-order valence-electron chi connectivity index (χ0n) is 24.5. The molecule has 0 aliphatic rings. The second-order valence-corrected chi connectivity index (χ2v) is 10.6. The molecule has 0 spiro atoms. The van der Waals surface area contributed by atoms with Gasteiger partial charge in [0, 0.05) is 48.9 Å².